The first-order chi connectivity index (χ1) is 11.8. The molecule has 1 N–H and O–H groups in total. The summed E-state index contributed by atoms with van der Waals surface area (Å²) in [5.41, 5.74) is 1.05. The molecule has 0 bridgehead atoms. The van der Waals surface area contributed by atoms with Crippen molar-refractivity contribution in [3.05, 3.63) is 35.5 Å². The number of rotatable bonds is 4. The Labute approximate surface area is 141 Å². The maximum atomic E-state index is 12.3. The Bertz CT molecular complexity index is 671. The van der Waals surface area contributed by atoms with Crippen LogP contribution >= 0.6 is 0 Å². The normalized spacial score (nSPS) is 17.1. The second-order valence-electron chi connectivity index (χ2n) is 5.98. The minimum atomic E-state index is -0.348. The van der Waals surface area contributed by atoms with Crippen LogP contribution in [0.3, 0.4) is 0 Å². The van der Waals surface area contributed by atoms with E-state index in [4.69, 9.17) is 9.47 Å². The lowest BCUT2D eigenvalue weighted by atomic mass is 10.2. The SMILES string of the molecule is N#C/C(=C/N1CCCCCC1)C(=O)NCc1ccc2c(c1)OCO2. The van der Waals surface area contributed by atoms with Gasteiger partial charge in [-0.1, -0.05) is 18.9 Å². The molecule has 3 rings (SSSR count). The number of hydrogen-bond acceptors (Lipinski definition) is 5. The number of nitrogens with one attached hydrogen (secondary N) is 1. The van der Waals surface area contributed by atoms with Crippen molar-refractivity contribution in [1.29, 1.82) is 5.26 Å². The third kappa shape index (κ3) is 3.99. The highest BCUT2D eigenvalue weighted by Crippen LogP contribution is 2.32. The van der Waals surface area contributed by atoms with E-state index in [0.29, 0.717) is 18.0 Å². The molecular formula is C18H21N3O3. The largest absolute Gasteiger partial charge is 0.454 e. The van der Waals surface area contributed by atoms with Crippen LogP contribution in [-0.4, -0.2) is 30.7 Å². The first-order valence-corrected chi connectivity index (χ1v) is 8.29. The van der Waals surface area contributed by atoms with Crippen molar-refractivity contribution in [2.24, 2.45) is 0 Å². The molecule has 6 nitrogen and oxygen atoms in total. The number of fused-ring (bicyclic) bond motifs is 1. The second kappa shape index (κ2) is 7.73. The average molecular weight is 327 g/mol. The number of likely N-dealkylation sites (tertiary alicyclic amines) is 1. The fourth-order valence-electron chi connectivity index (χ4n) is 2.87. The quantitative estimate of drug-likeness (QED) is 0.678. The third-order valence-corrected chi connectivity index (χ3v) is 4.21. The van der Waals surface area contributed by atoms with Crippen molar-refractivity contribution >= 4 is 5.91 Å². The molecule has 6 heteroatoms. The molecular weight excluding hydrogens is 306 g/mol. The summed E-state index contributed by atoms with van der Waals surface area (Å²) in [5, 5.41) is 12.1. The van der Waals surface area contributed by atoms with E-state index in [0.717, 1.165) is 31.5 Å². The smallest absolute Gasteiger partial charge is 0.263 e. The van der Waals surface area contributed by atoms with Gasteiger partial charge in [0, 0.05) is 25.8 Å². The third-order valence-electron chi connectivity index (χ3n) is 4.21. The van der Waals surface area contributed by atoms with E-state index < -0.39 is 0 Å². The van der Waals surface area contributed by atoms with Crippen molar-refractivity contribution in [3.8, 4) is 17.6 Å². The number of benzene rings is 1. The van der Waals surface area contributed by atoms with Crippen LogP contribution in [0.15, 0.2) is 30.0 Å². The molecule has 2 aliphatic rings. The summed E-state index contributed by atoms with van der Waals surface area (Å²) in [4.78, 5) is 14.3. The van der Waals surface area contributed by atoms with E-state index in [-0.39, 0.29) is 18.3 Å². The summed E-state index contributed by atoms with van der Waals surface area (Å²) in [5.74, 6) is 1.05. The predicted octanol–water partition coefficient (Wildman–Crippen LogP) is 2.31. The number of ether oxygens (including phenoxy) is 2. The molecule has 0 aliphatic carbocycles. The van der Waals surface area contributed by atoms with Crippen molar-refractivity contribution in [2.75, 3.05) is 19.9 Å². The Morgan fingerprint density at radius 2 is 1.96 bits per heavy atom. The average Bonchev–Trinajstić information content (AvgIpc) is 2.92. The molecule has 1 fully saturated rings. The Morgan fingerprint density at radius 3 is 2.71 bits per heavy atom. The van der Waals surface area contributed by atoms with Gasteiger partial charge in [0.2, 0.25) is 6.79 Å². The highest BCUT2D eigenvalue weighted by molar-refractivity contribution is 5.97. The molecule has 0 spiro atoms. The summed E-state index contributed by atoms with van der Waals surface area (Å²) in [6, 6.07) is 7.55. The lowest BCUT2D eigenvalue weighted by Crippen LogP contribution is -2.27. The zero-order chi connectivity index (χ0) is 16.8. The highest BCUT2D eigenvalue weighted by atomic mass is 16.7. The van der Waals surface area contributed by atoms with Crippen LogP contribution in [0.25, 0.3) is 0 Å². The van der Waals surface area contributed by atoms with Crippen LogP contribution in [0.5, 0.6) is 11.5 Å². The molecule has 2 aliphatic heterocycles. The van der Waals surface area contributed by atoms with Crippen LogP contribution < -0.4 is 14.8 Å². The van der Waals surface area contributed by atoms with Gasteiger partial charge < -0.3 is 19.7 Å². The monoisotopic (exact) mass is 327 g/mol. The van der Waals surface area contributed by atoms with Crippen LogP contribution in [-0.2, 0) is 11.3 Å². The van der Waals surface area contributed by atoms with Gasteiger partial charge in [-0.2, -0.15) is 5.26 Å². The van der Waals surface area contributed by atoms with E-state index in [9.17, 15) is 10.1 Å². The van der Waals surface area contributed by atoms with Gasteiger partial charge in [0.05, 0.1) is 0 Å². The molecule has 0 saturated carbocycles. The first-order valence-electron chi connectivity index (χ1n) is 8.29. The molecule has 0 unspecified atom stereocenters. The minimum Gasteiger partial charge on any atom is -0.454 e. The molecule has 126 valence electrons. The van der Waals surface area contributed by atoms with E-state index in [1.165, 1.54) is 12.8 Å². The first kappa shape index (κ1) is 16.2. The Hall–Kier alpha value is -2.68. The molecule has 1 amide bonds. The van der Waals surface area contributed by atoms with E-state index >= 15 is 0 Å². The molecule has 1 saturated heterocycles. The summed E-state index contributed by atoms with van der Waals surface area (Å²) >= 11 is 0. The zero-order valence-electron chi connectivity index (χ0n) is 13.6. The van der Waals surface area contributed by atoms with Crippen LogP contribution in [0.2, 0.25) is 0 Å². The molecule has 1 aromatic rings. The summed E-state index contributed by atoms with van der Waals surface area (Å²) < 4.78 is 10.6. The number of amides is 1. The standard InChI is InChI=1S/C18H21N3O3/c19-10-15(12-21-7-3-1-2-4-8-21)18(22)20-11-14-5-6-16-17(9-14)24-13-23-16/h5-6,9,12H,1-4,7-8,11,13H2,(H,20,22)/b15-12-. The molecule has 24 heavy (non-hydrogen) atoms. The summed E-state index contributed by atoms with van der Waals surface area (Å²) in [7, 11) is 0. The maximum absolute atomic E-state index is 12.3. The fourth-order valence-corrected chi connectivity index (χ4v) is 2.87. The Balaban J connectivity index is 1.59. The van der Waals surface area contributed by atoms with Crippen molar-refractivity contribution in [1.82, 2.24) is 10.2 Å². The lowest BCUT2D eigenvalue weighted by Gasteiger charge is -2.17. The number of carbonyl (C=O) groups is 1. The molecule has 0 atom stereocenters. The maximum Gasteiger partial charge on any atom is 0.263 e. The van der Waals surface area contributed by atoms with Gasteiger partial charge in [-0.25, -0.2) is 0 Å². The van der Waals surface area contributed by atoms with E-state index in [1.54, 1.807) is 6.20 Å². The van der Waals surface area contributed by atoms with Gasteiger partial charge in [0.25, 0.3) is 5.91 Å². The fraction of sp³-hybridized carbons (Fsp3) is 0.444. The number of nitrogens with zero attached hydrogens (tertiary/aromatic N) is 2. The predicted molar refractivity (Wildman–Crippen MR) is 88.1 cm³/mol. The van der Waals surface area contributed by atoms with Gasteiger partial charge in [-0.3, -0.25) is 4.79 Å². The topological polar surface area (TPSA) is 74.6 Å². The summed E-state index contributed by atoms with van der Waals surface area (Å²) in [6.45, 7) is 2.37. The van der Waals surface area contributed by atoms with Gasteiger partial charge in [-0.15, -0.1) is 0 Å². The molecule has 0 radical (unpaired) electrons. The lowest BCUT2D eigenvalue weighted by molar-refractivity contribution is -0.117. The second-order valence-corrected chi connectivity index (χ2v) is 5.98. The Morgan fingerprint density at radius 1 is 1.21 bits per heavy atom. The van der Waals surface area contributed by atoms with Crippen LogP contribution in [0.1, 0.15) is 31.2 Å². The Kier molecular flexibility index (Phi) is 5.22. The zero-order valence-corrected chi connectivity index (χ0v) is 13.6. The van der Waals surface area contributed by atoms with Crippen molar-refractivity contribution < 1.29 is 14.3 Å². The highest BCUT2D eigenvalue weighted by Gasteiger charge is 2.15. The summed E-state index contributed by atoms with van der Waals surface area (Å²) in [6.07, 6.45) is 6.33. The molecule has 1 aromatic carbocycles. The van der Waals surface area contributed by atoms with E-state index in [2.05, 4.69) is 10.2 Å². The van der Waals surface area contributed by atoms with E-state index in [1.807, 2.05) is 24.3 Å². The molecule has 0 aromatic heterocycles. The van der Waals surface area contributed by atoms with Crippen molar-refractivity contribution in [3.63, 3.8) is 0 Å². The molecule has 2 heterocycles. The van der Waals surface area contributed by atoms with Gasteiger partial charge in [-0.05, 0) is 30.5 Å². The minimum absolute atomic E-state index is 0.151. The number of nitriles is 1. The van der Waals surface area contributed by atoms with Crippen molar-refractivity contribution in [2.45, 2.75) is 32.2 Å². The van der Waals surface area contributed by atoms with Crippen LogP contribution in [0, 0.1) is 11.3 Å². The van der Waals surface area contributed by atoms with Gasteiger partial charge in [0.1, 0.15) is 11.6 Å². The van der Waals surface area contributed by atoms with Gasteiger partial charge in [0.15, 0.2) is 11.5 Å². The number of carbonyl (C=O) groups excluding carboxylic acids is 1. The van der Waals surface area contributed by atoms with Crippen LogP contribution in [0.4, 0.5) is 0 Å². The number of hydrogen-bond donors (Lipinski definition) is 1. The van der Waals surface area contributed by atoms with Gasteiger partial charge >= 0.3 is 0 Å².